The van der Waals surface area contributed by atoms with Gasteiger partial charge in [0.05, 0.1) is 6.04 Å². The highest BCUT2D eigenvalue weighted by atomic mass is 16.2. The van der Waals surface area contributed by atoms with Crippen LogP contribution in [0.15, 0.2) is 18.0 Å². The van der Waals surface area contributed by atoms with Crippen molar-refractivity contribution in [1.82, 2.24) is 19.7 Å². The zero-order valence-corrected chi connectivity index (χ0v) is 13.3. The molecule has 1 saturated heterocycles. The Morgan fingerprint density at radius 2 is 2.09 bits per heavy atom. The van der Waals surface area contributed by atoms with Gasteiger partial charge in [0.15, 0.2) is 0 Å². The second kappa shape index (κ2) is 6.93. The maximum absolute atomic E-state index is 12.7. The number of aromatic nitrogens is 3. The van der Waals surface area contributed by atoms with E-state index >= 15 is 0 Å². The average Bonchev–Trinajstić information content (AvgIpc) is 2.91. The van der Waals surface area contributed by atoms with Gasteiger partial charge in [0.2, 0.25) is 11.7 Å². The quantitative estimate of drug-likeness (QED) is 0.912. The minimum Gasteiger partial charge on any atom is -0.363 e. The number of hydrogen-bond acceptors (Lipinski definition) is 4. The number of nitrogens with two attached hydrogens (primary N) is 1. The highest BCUT2D eigenvalue weighted by Gasteiger charge is 2.27. The van der Waals surface area contributed by atoms with Crippen molar-refractivity contribution >= 4 is 11.8 Å². The van der Waals surface area contributed by atoms with E-state index in [2.05, 4.69) is 16.2 Å². The normalized spacial score (nSPS) is 22.3. The zero-order chi connectivity index (χ0) is 16.2. The molecular formula is C16H23N5O2. The molecule has 1 aromatic heterocycles. The summed E-state index contributed by atoms with van der Waals surface area (Å²) in [4.78, 5) is 29.7. The van der Waals surface area contributed by atoms with E-state index < -0.39 is 5.91 Å². The number of rotatable bonds is 3. The van der Waals surface area contributed by atoms with Crippen LogP contribution in [0.2, 0.25) is 0 Å². The van der Waals surface area contributed by atoms with Gasteiger partial charge in [-0.05, 0) is 38.5 Å². The molecule has 0 radical (unpaired) electrons. The number of carbonyl (C=O) groups is 2. The molecule has 124 valence electrons. The maximum Gasteiger partial charge on any atom is 0.288 e. The number of piperidine rings is 1. The van der Waals surface area contributed by atoms with Gasteiger partial charge >= 0.3 is 0 Å². The third-order valence-corrected chi connectivity index (χ3v) is 4.60. The topological polar surface area (TPSA) is 94.1 Å². The van der Waals surface area contributed by atoms with Crippen LogP contribution < -0.4 is 5.73 Å². The fourth-order valence-corrected chi connectivity index (χ4v) is 3.33. The first kappa shape index (κ1) is 15.7. The van der Waals surface area contributed by atoms with E-state index in [4.69, 9.17) is 5.73 Å². The Kier molecular flexibility index (Phi) is 4.73. The van der Waals surface area contributed by atoms with Crippen molar-refractivity contribution in [3.8, 4) is 0 Å². The standard InChI is InChI=1S/C16H23N5O2/c17-14(22)15-18-11-21(19-15)13-8-5-9-20(10-13)16(23)12-6-3-1-2-4-7-12/h6,11,13H,1-5,7-10H2,(H2,17,22)/t13-/m1/s1. The second-order valence-electron chi connectivity index (χ2n) is 6.29. The van der Waals surface area contributed by atoms with Crippen molar-refractivity contribution in [2.75, 3.05) is 13.1 Å². The van der Waals surface area contributed by atoms with Crippen LogP contribution >= 0.6 is 0 Å². The van der Waals surface area contributed by atoms with E-state index in [0.29, 0.717) is 6.54 Å². The van der Waals surface area contributed by atoms with Crippen LogP contribution in [0.25, 0.3) is 0 Å². The van der Waals surface area contributed by atoms with Gasteiger partial charge in [-0.15, -0.1) is 5.10 Å². The molecule has 0 aromatic carbocycles. The summed E-state index contributed by atoms with van der Waals surface area (Å²) in [7, 11) is 0. The molecule has 23 heavy (non-hydrogen) atoms. The first-order chi connectivity index (χ1) is 11.1. The SMILES string of the molecule is NC(=O)c1ncn([C@@H]2CCCN(C(=O)C3=CCCCCC3)C2)n1. The Hall–Kier alpha value is -2.18. The molecule has 0 spiro atoms. The fourth-order valence-electron chi connectivity index (χ4n) is 3.33. The van der Waals surface area contributed by atoms with Crippen LogP contribution in [0.4, 0.5) is 0 Å². The predicted octanol–water partition coefficient (Wildman–Crippen LogP) is 1.43. The van der Waals surface area contributed by atoms with Gasteiger partial charge in [-0.2, -0.15) is 0 Å². The van der Waals surface area contributed by atoms with Crippen LogP contribution in [-0.4, -0.2) is 44.6 Å². The minimum absolute atomic E-state index is 0.0277. The van der Waals surface area contributed by atoms with Gasteiger partial charge in [-0.3, -0.25) is 9.59 Å². The van der Waals surface area contributed by atoms with Crippen molar-refractivity contribution < 1.29 is 9.59 Å². The molecule has 1 aliphatic carbocycles. The molecule has 2 N–H and O–H groups in total. The Morgan fingerprint density at radius 3 is 2.87 bits per heavy atom. The van der Waals surface area contributed by atoms with E-state index in [1.165, 1.54) is 19.2 Å². The summed E-state index contributed by atoms with van der Waals surface area (Å²) in [6.45, 7) is 1.39. The van der Waals surface area contributed by atoms with Crippen molar-refractivity contribution in [2.24, 2.45) is 5.73 Å². The first-order valence-electron chi connectivity index (χ1n) is 8.34. The first-order valence-corrected chi connectivity index (χ1v) is 8.34. The molecule has 7 nitrogen and oxygen atoms in total. The number of carbonyl (C=O) groups excluding carboxylic acids is 2. The highest BCUT2D eigenvalue weighted by molar-refractivity contribution is 5.93. The summed E-state index contributed by atoms with van der Waals surface area (Å²) < 4.78 is 1.67. The number of likely N-dealkylation sites (tertiary alicyclic amines) is 1. The molecule has 0 unspecified atom stereocenters. The monoisotopic (exact) mass is 317 g/mol. The zero-order valence-electron chi connectivity index (χ0n) is 13.3. The molecule has 3 rings (SSSR count). The van der Waals surface area contributed by atoms with E-state index in [9.17, 15) is 9.59 Å². The highest BCUT2D eigenvalue weighted by Crippen LogP contribution is 2.25. The van der Waals surface area contributed by atoms with Crippen molar-refractivity contribution in [3.63, 3.8) is 0 Å². The molecule has 2 heterocycles. The van der Waals surface area contributed by atoms with E-state index in [1.807, 2.05) is 4.90 Å². The molecule has 0 saturated carbocycles. The van der Waals surface area contributed by atoms with E-state index in [1.54, 1.807) is 4.68 Å². The Morgan fingerprint density at radius 1 is 1.22 bits per heavy atom. The number of primary amides is 1. The molecule has 0 bridgehead atoms. The number of allylic oxidation sites excluding steroid dienone is 1. The second-order valence-corrected chi connectivity index (χ2v) is 6.29. The summed E-state index contributed by atoms with van der Waals surface area (Å²) in [5.41, 5.74) is 6.15. The van der Waals surface area contributed by atoms with Gasteiger partial charge in [0.25, 0.3) is 5.91 Å². The smallest absolute Gasteiger partial charge is 0.288 e. The van der Waals surface area contributed by atoms with E-state index in [0.717, 1.165) is 44.2 Å². The van der Waals surface area contributed by atoms with Gasteiger partial charge < -0.3 is 10.6 Å². The van der Waals surface area contributed by atoms with Crippen LogP contribution in [-0.2, 0) is 4.79 Å². The van der Waals surface area contributed by atoms with Gasteiger partial charge in [-0.1, -0.05) is 12.5 Å². The molecule has 1 aromatic rings. The predicted molar refractivity (Wildman–Crippen MR) is 84.6 cm³/mol. The van der Waals surface area contributed by atoms with Crippen LogP contribution in [0, 0.1) is 0 Å². The lowest BCUT2D eigenvalue weighted by Gasteiger charge is -2.33. The molecule has 1 atom stereocenters. The van der Waals surface area contributed by atoms with Crippen LogP contribution in [0.1, 0.15) is 61.6 Å². The molecule has 7 heteroatoms. The minimum atomic E-state index is -0.629. The third-order valence-electron chi connectivity index (χ3n) is 4.60. The van der Waals surface area contributed by atoms with Crippen LogP contribution in [0.3, 0.4) is 0 Å². The largest absolute Gasteiger partial charge is 0.363 e. The van der Waals surface area contributed by atoms with Crippen molar-refractivity contribution in [3.05, 3.63) is 23.8 Å². The summed E-state index contributed by atoms with van der Waals surface area (Å²) in [6, 6.07) is 0.0553. The molecule has 1 fully saturated rings. The molecular weight excluding hydrogens is 294 g/mol. The lowest BCUT2D eigenvalue weighted by atomic mass is 10.0. The summed E-state index contributed by atoms with van der Waals surface area (Å²) in [5.74, 6) is -0.442. The third kappa shape index (κ3) is 3.60. The summed E-state index contributed by atoms with van der Waals surface area (Å²) in [5, 5.41) is 4.13. The van der Waals surface area contributed by atoms with Gasteiger partial charge in [0, 0.05) is 18.7 Å². The lowest BCUT2D eigenvalue weighted by molar-refractivity contribution is -0.129. The number of amides is 2. The Labute approximate surface area is 135 Å². The van der Waals surface area contributed by atoms with Crippen molar-refractivity contribution in [2.45, 2.75) is 51.0 Å². The van der Waals surface area contributed by atoms with E-state index in [-0.39, 0.29) is 17.8 Å². The lowest BCUT2D eigenvalue weighted by Crippen LogP contribution is -2.41. The van der Waals surface area contributed by atoms with Gasteiger partial charge in [-0.25, -0.2) is 9.67 Å². The fraction of sp³-hybridized carbons (Fsp3) is 0.625. The number of hydrogen-bond donors (Lipinski definition) is 1. The maximum atomic E-state index is 12.7. The summed E-state index contributed by atoms with van der Waals surface area (Å²) in [6.07, 6.45) is 10.8. The van der Waals surface area contributed by atoms with Gasteiger partial charge in [0.1, 0.15) is 6.33 Å². The molecule has 1 aliphatic heterocycles. The number of nitrogens with zero attached hydrogens (tertiary/aromatic N) is 4. The Bertz CT molecular complexity index is 622. The van der Waals surface area contributed by atoms with Crippen LogP contribution in [0.5, 0.6) is 0 Å². The summed E-state index contributed by atoms with van der Waals surface area (Å²) >= 11 is 0. The molecule has 2 aliphatic rings. The molecule has 2 amide bonds. The Balaban J connectivity index is 1.68. The average molecular weight is 317 g/mol. The van der Waals surface area contributed by atoms with Crippen molar-refractivity contribution in [1.29, 1.82) is 0 Å².